The fourth-order valence-corrected chi connectivity index (χ4v) is 2.87. The smallest absolute Gasteiger partial charge is 0.253 e. The van der Waals surface area contributed by atoms with Crippen LogP contribution in [0.3, 0.4) is 0 Å². The van der Waals surface area contributed by atoms with Gasteiger partial charge in [0.25, 0.3) is 5.91 Å². The van der Waals surface area contributed by atoms with Crippen LogP contribution in [0.5, 0.6) is 0 Å². The second kappa shape index (κ2) is 10.8. The van der Waals surface area contributed by atoms with Crippen molar-refractivity contribution in [2.24, 2.45) is 5.73 Å². The number of anilines is 1. The lowest BCUT2D eigenvalue weighted by atomic mass is 10.1. The number of aryl methyl sites for hydroxylation is 1. The Balaban J connectivity index is 1.50. The molecule has 0 radical (unpaired) electrons. The van der Waals surface area contributed by atoms with E-state index in [1.807, 2.05) is 0 Å². The van der Waals surface area contributed by atoms with Crippen LogP contribution in [0.15, 0.2) is 53.1 Å². The lowest BCUT2D eigenvalue weighted by molar-refractivity contribution is -0.118. The molecular weight excluding hydrogens is 417 g/mol. The number of nitrogens with one attached hydrogen (secondary N) is 2. The fraction of sp³-hybridized carbons (Fsp3) is 0.227. The van der Waals surface area contributed by atoms with Crippen LogP contribution in [0.25, 0.3) is 11.4 Å². The number of amides is 3. The Morgan fingerprint density at radius 2 is 1.78 bits per heavy atom. The van der Waals surface area contributed by atoms with Crippen molar-refractivity contribution in [2.45, 2.75) is 25.7 Å². The normalized spacial score (nSPS) is 10.5. The Morgan fingerprint density at radius 1 is 1.03 bits per heavy atom. The molecule has 0 fully saturated rings. The summed E-state index contributed by atoms with van der Waals surface area (Å²) in [4.78, 5) is 39.7. The van der Waals surface area contributed by atoms with E-state index in [0.29, 0.717) is 35.8 Å². The zero-order valence-corrected chi connectivity index (χ0v) is 17.1. The molecule has 0 aliphatic heterocycles. The van der Waals surface area contributed by atoms with Crippen LogP contribution in [-0.4, -0.2) is 34.4 Å². The first kappa shape index (κ1) is 22.6. The van der Waals surface area contributed by atoms with Crippen molar-refractivity contribution in [3.05, 3.63) is 65.8 Å². The number of para-hydroxylation sites is 1. The van der Waals surface area contributed by atoms with Gasteiger partial charge in [-0.3, -0.25) is 14.4 Å². The Morgan fingerprint density at radius 3 is 2.53 bits per heavy atom. The topological polar surface area (TPSA) is 140 Å². The summed E-state index contributed by atoms with van der Waals surface area (Å²) in [6.07, 6.45) is 1.03. The number of benzene rings is 2. The SMILES string of the molecule is NC(=O)CCNC(=O)c1ccccc1NC(=O)CCCc1nc(-c2ccc(F)cc2)no1. The Bertz CT molecular complexity index is 1100. The van der Waals surface area contributed by atoms with E-state index < -0.39 is 11.8 Å². The predicted octanol–water partition coefficient (Wildman–Crippen LogP) is 2.44. The molecule has 0 unspecified atom stereocenters. The van der Waals surface area contributed by atoms with Crippen LogP contribution < -0.4 is 16.4 Å². The summed E-state index contributed by atoms with van der Waals surface area (Å²) in [6, 6.07) is 12.3. The number of halogens is 1. The molecule has 32 heavy (non-hydrogen) atoms. The monoisotopic (exact) mass is 439 g/mol. The average Bonchev–Trinajstić information content (AvgIpc) is 3.23. The van der Waals surface area contributed by atoms with E-state index in [1.54, 1.807) is 36.4 Å². The number of nitrogens with zero attached hydrogens (tertiary/aromatic N) is 2. The van der Waals surface area contributed by atoms with Crippen molar-refractivity contribution in [1.82, 2.24) is 15.5 Å². The van der Waals surface area contributed by atoms with Gasteiger partial charge in [-0.05, 0) is 42.8 Å². The summed E-state index contributed by atoms with van der Waals surface area (Å²) in [7, 11) is 0. The maximum Gasteiger partial charge on any atom is 0.253 e. The third-order valence-corrected chi connectivity index (χ3v) is 4.47. The van der Waals surface area contributed by atoms with Crippen LogP contribution in [0.1, 0.15) is 35.5 Å². The average molecular weight is 439 g/mol. The molecule has 4 N–H and O–H groups in total. The van der Waals surface area contributed by atoms with Gasteiger partial charge in [-0.1, -0.05) is 17.3 Å². The molecule has 10 heteroatoms. The summed E-state index contributed by atoms with van der Waals surface area (Å²) in [5, 5.41) is 9.17. The largest absolute Gasteiger partial charge is 0.370 e. The number of carbonyl (C=O) groups is 3. The predicted molar refractivity (Wildman–Crippen MR) is 114 cm³/mol. The number of hydrogen-bond acceptors (Lipinski definition) is 6. The molecule has 166 valence electrons. The summed E-state index contributed by atoms with van der Waals surface area (Å²) in [5.41, 5.74) is 6.34. The number of hydrogen-bond donors (Lipinski definition) is 3. The second-order valence-corrected chi connectivity index (χ2v) is 6.94. The van der Waals surface area contributed by atoms with Gasteiger partial charge in [-0.25, -0.2) is 4.39 Å². The number of aromatic nitrogens is 2. The number of carbonyl (C=O) groups excluding carboxylic acids is 3. The first-order valence-electron chi connectivity index (χ1n) is 9.96. The van der Waals surface area contributed by atoms with Crippen molar-refractivity contribution in [2.75, 3.05) is 11.9 Å². The van der Waals surface area contributed by atoms with E-state index in [-0.39, 0.29) is 36.7 Å². The number of primary amides is 1. The molecule has 3 amide bonds. The molecule has 0 aliphatic rings. The summed E-state index contributed by atoms with van der Waals surface area (Å²) >= 11 is 0. The van der Waals surface area contributed by atoms with Gasteiger partial charge in [0, 0.05) is 31.4 Å². The van der Waals surface area contributed by atoms with E-state index in [2.05, 4.69) is 20.8 Å². The lowest BCUT2D eigenvalue weighted by Gasteiger charge is -2.11. The molecule has 0 bridgehead atoms. The van der Waals surface area contributed by atoms with E-state index in [0.717, 1.165) is 0 Å². The van der Waals surface area contributed by atoms with E-state index in [1.165, 1.54) is 12.1 Å². The molecule has 0 spiro atoms. The highest BCUT2D eigenvalue weighted by Crippen LogP contribution is 2.18. The Labute approximate surface area is 183 Å². The summed E-state index contributed by atoms with van der Waals surface area (Å²) < 4.78 is 18.2. The van der Waals surface area contributed by atoms with Crippen LogP contribution in [0, 0.1) is 5.82 Å². The van der Waals surface area contributed by atoms with Gasteiger partial charge in [-0.2, -0.15) is 4.98 Å². The van der Waals surface area contributed by atoms with Gasteiger partial charge in [0.05, 0.1) is 11.3 Å². The molecule has 1 heterocycles. The minimum absolute atomic E-state index is 0.0266. The van der Waals surface area contributed by atoms with E-state index in [4.69, 9.17) is 10.3 Å². The van der Waals surface area contributed by atoms with E-state index in [9.17, 15) is 18.8 Å². The Kier molecular flexibility index (Phi) is 7.63. The molecule has 9 nitrogen and oxygen atoms in total. The third-order valence-electron chi connectivity index (χ3n) is 4.47. The molecule has 2 aromatic carbocycles. The molecule has 0 aliphatic carbocycles. The number of nitrogens with two attached hydrogens (primary N) is 1. The fourth-order valence-electron chi connectivity index (χ4n) is 2.87. The van der Waals surface area contributed by atoms with Gasteiger partial charge in [-0.15, -0.1) is 0 Å². The summed E-state index contributed by atoms with van der Waals surface area (Å²) in [6.45, 7) is 0.112. The van der Waals surface area contributed by atoms with Crippen molar-refractivity contribution in [3.63, 3.8) is 0 Å². The molecular formula is C22H22FN5O4. The van der Waals surface area contributed by atoms with Gasteiger partial charge in [0.2, 0.25) is 23.5 Å². The van der Waals surface area contributed by atoms with Crippen molar-refractivity contribution in [1.29, 1.82) is 0 Å². The van der Waals surface area contributed by atoms with Gasteiger partial charge >= 0.3 is 0 Å². The van der Waals surface area contributed by atoms with E-state index >= 15 is 0 Å². The van der Waals surface area contributed by atoms with Crippen molar-refractivity contribution in [3.8, 4) is 11.4 Å². The highest BCUT2D eigenvalue weighted by atomic mass is 19.1. The highest BCUT2D eigenvalue weighted by molar-refractivity contribution is 6.03. The van der Waals surface area contributed by atoms with Crippen LogP contribution >= 0.6 is 0 Å². The maximum absolute atomic E-state index is 13.0. The third kappa shape index (κ3) is 6.46. The zero-order valence-electron chi connectivity index (χ0n) is 17.1. The van der Waals surface area contributed by atoms with Gasteiger partial charge < -0.3 is 20.9 Å². The first-order chi connectivity index (χ1) is 15.4. The molecule has 3 rings (SSSR count). The molecule has 0 atom stereocenters. The quantitative estimate of drug-likeness (QED) is 0.443. The molecule has 0 saturated heterocycles. The van der Waals surface area contributed by atoms with Crippen LogP contribution in [-0.2, 0) is 16.0 Å². The van der Waals surface area contributed by atoms with Crippen LogP contribution in [0.4, 0.5) is 10.1 Å². The lowest BCUT2D eigenvalue weighted by Crippen LogP contribution is -2.28. The molecule has 0 saturated carbocycles. The highest BCUT2D eigenvalue weighted by Gasteiger charge is 2.14. The minimum Gasteiger partial charge on any atom is -0.370 e. The van der Waals surface area contributed by atoms with Crippen molar-refractivity contribution < 1.29 is 23.3 Å². The molecule has 1 aromatic heterocycles. The maximum atomic E-state index is 13.0. The zero-order chi connectivity index (χ0) is 22.9. The molecule has 3 aromatic rings. The minimum atomic E-state index is -0.516. The standard InChI is InChI=1S/C22H22FN5O4/c23-15-10-8-14(9-11-15)21-27-20(32-28-21)7-3-6-19(30)26-17-5-2-1-4-16(17)22(31)25-13-12-18(24)29/h1-2,4-5,8-11H,3,6-7,12-13H2,(H2,24,29)(H,25,31)(H,26,30). The second-order valence-electron chi connectivity index (χ2n) is 6.94. The van der Waals surface area contributed by atoms with Crippen molar-refractivity contribution >= 4 is 23.4 Å². The van der Waals surface area contributed by atoms with Gasteiger partial charge in [0.15, 0.2) is 0 Å². The summed E-state index contributed by atoms with van der Waals surface area (Å²) in [5.74, 6) is -0.847. The number of rotatable bonds is 10. The first-order valence-corrected chi connectivity index (χ1v) is 9.96. The van der Waals surface area contributed by atoms with Crippen LogP contribution in [0.2, 0.25) is 0 Å². The Hall–Kier alpha value is -4.08. The van der Waals surface area contributed by atoms with Gasteiger partial charge in [0.1, 0.15) is 5.82 Å².